The summed E-state index contributed by atoms with van der Waals surface area (Å²) in [7, 11) is 1.40. The zero-order valence-electron chi connectivity index (χ0n) is 15.0. The molecule has 0 aliphatic carbocycles. The van der Waals surface area contributed by atoms with Crippen LogP contribution in [0.4, 0.5) is 22.0 Å². The third-order valence-corrected chi connectivity index (χ3v) is 3.72. The molecule has 0 saturated heterocycles. The van der Waals surface area contributed by atoms with E-state index in [1.54, 1.807) is 13.8 Å². The number of nitrogens with one attached hydrogen (secondary N) is 2. The van der Waals surface area contributed by atoms with Gasteiger partial charge in [0, 0.05) is 25.4 Å². The van der Waals surface area contributed by atoms with E-state index >= 15 is 0 Å². The molecule has 2 N–H and O–H groups in total. The first kappa shape index (κ1) is 20.7. The predicted octanol–water partition coefficient (Wildman–Crippen LogP) is 3.53. The van der Waals surface area contributed by atoms with E-state index in [1.807, 2.05) is 0 Å². The monoisotopic (exact) mass is 389 g/mol. The summed E-state index contributed by atoms with van der Waals surface area (Å²) < 4.78 is 66.6. The topological polar surface area (TPSA) is 54.2 Å². The first-order chi connectivity index (χ1) is 12.6. The van der Waals surface area contributed by atoms with Gasteiger partial charge in [0.05, 0.1) is 12.6 Å². The summed E-state index contributed by atoms with van der Waals surface area (Å²) in [4.78, 5) is 4.15. The number of nitrogens with zero attached hydrogens (tertiary/aromatic N) is 3. The molecule has 27 heavy (non-hydrogen) atoms. The molecule has 1 aromatic carbocycles. The second-order valence-corrected chi connectivity index (χ2v) is 5.91. The smallest absolute Gasteiger partial charge is 0.357 e. The standard InChI is InChI=1S/C17H20F5N5/c1-4-23-16(25-10(2)11-5-6-13(18)14(19)7-11)24-8-12-9-27(3)26-15(12)17(20,21)22/h5-7,9-10H,4,8H2,1-3H3,(H2,23,24,25). The first-order valence-electron chi connectivity index (χ1n) is 8.21. The van der Waals surface area contributed by atoms with E-state index in [-0.39, 0.29) is 18.1 Å². The highest BCUT2D eigenvalue weighted by atomic mass is 19.4. The van der Waals surface area contributed by atoms with Gasteiger partial charge in [-0.2, -0.15) is 18.3 Å². The maximum Gasteiger partial charge on any atom is 0.435 e. The van der Waals surface area contributed by atoms with Crippen molar-refractivity contribution in [3.05, 3.63) is 52.9 Å². The molecule has 0 amide bonds. The Labute approximate surface area is 153 Å². The highest BCUT2D eigenvalue weighted by Crippen LogP contribution is 2.30. The Hall–Kier alpha value is -2.65. The number of alkyl halides is 3. The molecule has 0 aliphatic heterocycles. The third kappa shape index (κ3) is 5.41. The van der Waals surface area contributed by atoms with Gasteiger partial charge < -0.3 is 10.6 Å². The molecule has 1 atom stereocenters. The molecule has 2 rings (SSSR count). The minimum absolute atomic E-state index is 0.0670. The highest BCUT2D eigenvalue weighted by Gasteiger charge is 2.36. The molecule has 148 valence electrons. The van der Waals surface area contributed by atoms with Crippen LogP contribution in [0.15, 0.2) is 29.4 Å². The van der Waals surface area contributed by atoms with Crippen LogP contribution in [0.5, 0.6) is 0 Å². The second-order valence-electron chi connectivity index (χ2n) is 5.91. The molecule has 1 unspecified atom stereocenters. The van der Waals surface area contributed by atoms with Gasteiger partial charge in [0.1, 0.15) is 0 Å². The number of benzene rings is 1. The van der Waals surface area contributed by atoms with E-state index in [9.17, 15) is 22.0 Å². The maximum atomic E-state index is 13.4. The number of guanidine groups is 1. The van der Waals surface area contributed by atoms with Crippen molar-refractivity contribution in [1.82, 2.24) is 20.4 Å². The van der Waals surface area contributed by atoms with Gasteiger partial charge >= 0.3 is 6.18 Å². The Balaban J connectivity index is 2.18. The minimum atomic E-state index is -4.57. The molecule has 2 aromatic rings. The fourth-order valence-electron chi connectivity index (χ4n) is 2.45. The van der Waals surface area contributed by atoms with E-state index in [4.69, 9.17) is 0 Å². The summed E-state index contributed by atoms with van der Waals surface area (Å²) in [6.07, 6.45) is -3.31. The molecule has 0 saturated carbocycles. The fraction of sp³-hybridized carbons (Fsp3) is 0.412. The largest absolute Gasteiger partial charge is 0.435 e. The van der Waals surface area contributed by atoms with Gasteiger partial charge in [-0.3, -0.25) is 4.68 Å². The Morgan fingerprint density at radius 3 is 2.56 bits per heavy atom. The van der Waals surface area contributed by atoms with Crippen molar-refractivity contribution in [3.8, 4) is 0 Å². The lowest BCUT2D eigenvalue weighted by Crippen LogP contribution is -2.38. The molecule has 0 bridgehead atoms. The molecule has 1 aromatic heterocycles. The summed E-state index contributed by atoms with van der Waals surface area (Å²) in [5, 5.41) is 9.30. The van der Waals surface area contributed by atoms with E-state index in [0.29, 0.717) is 12.1 Å². The van der Waals surface area contributed by atoms with E-state index < -0.39 is 29.5 Å². The minimum Gasteiger partial charge on any atom is -0.357 e. The number of aryl methyl sites for hydroxylation is 1. The van der Waals surface area contributed by atoms with Crippen LogP contribution in [0.25, 0.3) is 0 Å². The van der Waals surface area contributed by atoms with Gasteiger partial charge in [-0.1, -0.05) is 6.07 Å². The fourth-order valence-corrected chi connectivity index (χ4v) is 2.45. The van der Waals surface area contributed by atoms with Crippen molar-refractivity contribution in [3.63, 3.8) is 0 Å². The van der Waals surface area contributed by atoms with Gasteiger partial charge in [-0.15, -0.1) is 0 Å². The summed E-state index contributed by atoms with van der Waals surface area (Å²) in [6, 6.07) is 3.04. The molecular formula is C17H20F5N5. The number of hydrogen-bond donors (Lipinski definition) is 2. The van der Waals surface area contributed by atoms with Crippen molar-refractivity contribution in [2.24, 2.45) is 12.0 Å². The predicted molar refractivity (Wildman–Crippen MR) is 90.9 cm³/mol. The van der Waals surface area contributed by atoms with Crippen molar-refractivity contribution < 1.29 is 22.0 Å². The maximum absolute atomic E-state index is 13.4. The first-order valence-corrected chi connectivity index (χ1v) is 8.21. The van der Waals surface area contributed by atoms with Crippen LogP contribution < -0.4 is 10.6 Å². The Bertz CT molecular complexity index is 813. The number of aliphatic imine (C=N–C) groups is 1. The van der Waals surface area contributed by atoms with Crippen LogP contribution in [0.3, 0.4) is 0 Å². The summed E-state index contributed by atoms with van der Waals surface area (Å²) in [6.45, 7) is 3.72. The lowest BCUT2D eigenvalue weighted by molar-refractivity contribution is -0.142. The number of halogens is 5. The zero-order valence-corrected chi connectivity index (χ0v) is 15.0. The second kappa shape index (κ2) is 8.36. The lowest BCUT2D eigenvalue weighted by atomic mass is 10.1. The van der Waals surface area contributed by atoms with Crippen LogP contribution in [-0.2, 0) is 19.8 Å². The quantitative estimate of drug-likeness (QED) is 0.467. The van der Waals surface area contributed by atoms with Crippen LogP contribution >= 0.6 is 0 Å². The van der Waals surface area contributed by atoms with Crippen molar-refractivity contribution in [2.75, 3.05) is 6.54 Å². The number of hydrogen-bond acceptors (Lipinski definition) is 2. The number of aromatic nitrogens is 2. The molecule has 1 heterocycles. The Morgan fingerprint density at radius 2 is 1.96 bits per heavy atom. The van der Waals surface area contributed by atoms with Gasteiger partial charge in [0.25, 0.3) is 0 Å². The third-order valence-electron chi connectivity index (χ3n) is 3.72. The van der Waals surface area contributed by atoms with Crippen molar-refractivity contribution in [1.29, 1.82) is 0 Å². The summed E-state index contributed by atoms with van der Waals surface area (Å²) in [5.41, 5.74) is -0.585. The van der Waals surface area contributed by atoms with E-state index in [2.05, 4.69) is 20.7 Å². The zero-order chi connectivity index (χ0) is 20.2. The molecule has 0 spiro atoms. The summed E-state index contributed by atoms with van der Waals surface area (Å²) >= 11 is 0. The molecule has 0 radical (unpaired) electrons. The number of rotatable bonds is 5. The van der Waals surface area contributed by atoms with Gasteiger partial charge in [0.2, 0.25) is 0 Å². The summed E-state index contributed by atoms with van der Waals surface area (Å²) in [5.74, 6) is -1.69. The van der Waals surface area contributed by atoms with Crippen molar-refractivity contribution >= 4 is 5.96 Å². The van der Waals surface area contributed by atoms with E-state index in [1.165, 1.54) is 19.3 Å². The SMILES string of the molecule is CCNC(=NCc1cn(C)nc1C(F)(F)F)NC(C)c1ccc(F)c(F)c1. The molecule has 5 nitrogen and oxygen atoms in total. The van der Waals surface area contributed by atoms with Gasteiger partial charge in [0.15, 0.2) is 23.3 Å². The lowest BCUT2D eigenvalue weighted by Gasteiger charge is -2.18. The van der Waals surface area contributed by atoms with Crippen LogP contribution in [0.1, 0.15) is 36.7 Å². The average Bonchev–Trinajstić information content (AvgIpc) is 2.96. The molecule has 10 heteroatoms. The average molecular weight is 389 g/mol. The van der Waals surface area contributed by atoms with Crippen LogP contribution in [0.2, 0.25) is 0 Å². The van der Waals surface area contributed by atoms with Gasteiger partial charge in [-0.25, -0.2) is 13.8 Å². The highest BCUT2D eigenvalue weighted by molar-refractivity contribution is 5.80. The normalized spacial score (nSPS) is 13.6. The van der Waals surface area contributed by atoms with Gasteiger partial charge in [-0.05, 0) is 31.5 Å². The Kier molecular flexibility index (Phi) is 6.40. The molecule has 0 fully saturated rings. The molecule has 0 aliphatic rings. The van der Waals surface area contributed by atoms with E-state index in [0.717, 1.165) is 16.8 Å². The van der Waals surface area contributed by atoms with Crippen LogP contribution in [-0.4, -0.2) is 22.3 Å². The van der Waals surface area contributed by atoms with Crippen molar-refractivity contribution in [2.45, 2.75) is 32.6 Å². The van der Waals surface area contributed by atoms with Crippen LogP contribution in [0, 0.1) is 11.6 Å². The Morgan fingerprint density at radius 1 is 1.26 bits per heavy atom. The molecular weight excluding hydrogens is 369 g/mol.